The van der Waals surface area contributed by atoms with Gasteiger partial charge in [-0.3, -0.25) is 28.8 Å². The molecule has 330 valence electrons. The Kier molecular flexibility index (Phi) is 10.4. The minimum atomic E-state index is -1.42. The minimum Gasteiger partial charge on any atom is -0.504 e. The van der Waals surface area contributed by atoms with Crippen LogP contribution >= 0.6 is 38.9 Å². The number of thiophene rings is 1. The molecule has 6 aromatic rings. The van der Waals surface area contributed by atoms with Gasteiger partial charge in [0.2, 0.25) is 23.6 Å². The second-order valence-corrected chi connectivity index (χ2v) is 20.0. The number of phenols is 1. The summed E-state index contributed by atoms with van der Waals surface area (Å²) in [5, 5.41) is 27.0. The van der Waals surface area contributed by atoms with E-state index < -0.39 is 46.8 Å². The van der Waals surface area contributed by atoms with Gasteiger partial charge in [-0.25, -0.2) is 4.90 Å². The lowest BCUT2D eigenvalue weighted by Crippen LogP contribution is -2.49. The number of carbonyl (C=O) groups excluding carboxylic acids is 4. The number of nitrogens with zero attached hydrogens (tertiary/aromatic N) is 7. The van der Waals surface area contributed by atoms with Crippen LogP contribution < -0.4 is 19.4 Å². The molecule has 4 aromatic carbocycles. The van der Waals surface area contributed by atoms with Gasteiger partial charge in [0.1, 0.15) is 11.5 Å². The molecule has 16 heteroatoms. The Morgan fingerprint density at radius 3 is 2.28 bits per heavy atom. The fraction of sp³-hybridized carbons (Fsp3) is 0.286. The molecule has 10 rings (SSSR count). The fourth-order valence-electron chi connectivity index (χ4n) is 10.6. The molecule has 2 saturated heterocycles. The normalized spacial score (nSPS) is 23.9. The first-order chi connectivity index (χ1) is 31.1. The lowest BCUT2D eigenvalue weighted by atomic mass is 9.51. The summed E-state index contributed by atoms with van der Waals surface area (Å²) >= 11 is 11.5. The van der Waals surface area contributed by atoms with Crippen molar-refractivity contribution in [2.45, 2.75) is 32.6 Å². The predicted molar refractivity (Wildman–Crippen MR) is 255 cm³/mol. The van der Waals surface area contributed by atoms with E-state index in [0.29, 0.717) is 43.6 Å². The number of amides is 4. The zero-order valence-corrected chi connectivity index (χ0v) is 39.4. The van der Waals surface area contributed by atoms with Crippen LogP contribution in [0.25, 0.3) is 20.7 Å². The van der Waals surface area contributed by atoms with E-state index >= 15 is 9.59 Å². The average molecular weight is 973 g/mol. The Balaban J connectivity index is 1.01. The number of azo groups is 1. The first-order valence-electron chi connectivity index (χ1n) is 21.2. The molecule has 4 aliphatic rings. The third-order valence-electron chi connectivity index (χ3n) is 13.8. The number of methoxy groups -OCH3 is 1. The SMILES string of the molecule is COc1cc(Br)cc(C2C3=CCC4C(=O)N(c5ccc(N=Nc6ccc(N(C)C)cc6)cc5)C(=O)C4C3CC3C(=O)N(c4cc(-c5sc6ccc(Cl)cc6c5C)nn4C)C(=O)C32C)c1O. The van der Waals surface area contributed by atoms with Crippen molar-refractivity contribution in [3.05, 3.63) is 117 Å². The Morgan fingerprint density at radius 2 is 1.60 bits per heavy atom. The van der Waals surface area contributed by atoms with Crippen molar-refractivity contribution in [3.63, 3.8) is 0 Å². The molecule has 1 N–H and O–H groups in total. The van der Waals surface area contributed by atoms with Gasteiger partial charge in [-0.05, 0) is 122 Å². The second kappa shape index (κ2) is 15.8. The van der Waals surface area contributed by atoms with Crippen LogP contribution in [-0.4, -0.2) is 59.7 Å². The molecule has 0 spiro atoms. The summed E-state index contributed by atoms with van der Waals surface area (Å²) in [4.78, 5) is 65.0. The van der Waals surface area contributed by atoms with Gasteiger partial charge in [0.25, 0.3) is 0 Å². The number of aromatic nitrogens is 2. The van der Waals surface area contributed by atoms with Crippen molar-refractivity contribution >= 4 is 101 Å². The minimum absolute atomic E-state index is 0.134. The highest BCUT2D eigenvalue weighted by atomic mass is 79.9. The van der Waals surface area contributed by atoms with Gasteiger partial charge in [0.05, 0.1) is 52.2 Å². The molecule has 2 aliphatic carbocycles. The Labute approximate surface area is 392 Å². The number of imide groups is 2. The van der Waals surface area contributed by atoms with Crippen molar-refractivity contribution in [1.82, 2.24) is 9.78 Å². The third-order valence-corrected chi connectivity index (χ3v) is 15.8. The van der Waals surface area contributed by atoms with E-state index in [4.69, 9.17) is 21.4 Å². The monoisotopic (exact) mass is 971 g/mol. The van der Waals surface area contributed by atoms with Crippen LogP contribution in [0.3, 0.4) is 0 Å². The van der Waals surface area contributed by atoms with E-state index in [1.54, 1.807) is 72.5 Å². The standard InChI is InChI=1S/C49H43BrClN7O6S/c1-24-33-21-26(51)7-18-39(33)65-44(24)37-23-40(56(5)54-37)58-46(61)36-22-34-31(42(49(36,2)48(58)63)35-19-25(50)20-38(64-6)43(35)59)16-17-32-41(34)47(62)57(45(32)60)30-14-10-28(11-15-30)53-52-27-8-12-29(13-9-27)55(3)4/h7-16,18-21,23,32,34,36,41-42,59H,17,22H2,1-6H3. The summed E-state index contributed by atoms with van der Waals surface area (Å²) in [7, 11) is 7.07. The van der Waals surface area contributed by atoms with Gasteiger partial charge in [0, 0.05) is 58.6 Å². The topological polar surface area (TPSA) is 150 Å². The molecular weight excluding hydrogens is 930 g/mol. The smallest absolute Gasteiger partial charge is 0.242 e. The molecule has 2 aromatic heterocycles. The highest BCUT2D eigenvalue weighted by Gasteiger charge is 2.68. The van der Waals surface area contributed by atoms with Gasteiger partial charge < -0.3 is 14.7 Å². The summed E-state index contributed by atoms with van der Waals surface area (Å²) in [5.74, 6) is -5.23. The lowest BCUT2D eigenvalue weighted by molar-refractivity contribution is -0.131. The maximum absolute atomic E-state index is 15.4. The number of carbonyl (C=O) groups is 4. The number of benzene rings is 4. The largest absolute Gasteiger partial charge is 0.504 e. The molecule has 1 saturated carbocycles. The molecule has 2 aliphatic heterocycles. The number of hydrogen-bond acceptors (Lipinski definition) is 11. The van der Waals surface area contributed by atoms with E-state index in [2.05, 4.69) is 26.2 Å². The van der Waals surface area contributed by atoms with Crippen LogP contribution in [0.4, 0.5) is 28.6 Å². The van der Waals surface area contributed by atoms with Crippen LogP contribution in [0.2, 0.25) is 5.02 Å². The maximum atomic E-state index is 15.4. The second-order valence-electron chi connectivity index (χ2n) is 17.6. The molecule has 0 radical (unpaired) electrons. The number of phenolic OH excluding ortho intramolecular Hbond substituents is 1. The van der Waals surface area contributed by atoms with Crippen LogP contribution in [0.1, 0.15) is 36.8 Å². The zero-order valence-electron chi connectivity index (χ0n) is 36.2. The van der Waals surface area contributed by atoms with E-state index in [1.165, 1.54) is 16.9 Å². The highest BCUT2D eigenvalue weighted by Crippen LogP contribution is 2.65. The number of hydrogen-bond donors (Lipinski definition) is 1. The van der Waals surface area contributed by atoms with Crippen molar-refractivity contribution < 1.29 is 29.0 Å². The van der Waals surface area contributed by atoms with E-state index in [9.17, 15) is 14.7 Å². The first kappa shape index (κ1) is 42.8. The summed E-state index contributed by atoms with van der Waals surface area (Å²) in [6, 6.07) is 25.3. The number of ether oxygens (including phenoxy) is 1. The fourth-order valence-corrected chi connectivity index (χ4v) is 12.4. The van der Waals surface area contributed by atoms with E-state index in [-0.39, 0.29) is 36.2 Å². The number of fused-ring (bicyclic) bond motifs is 5. The summed E-state index contributed by atoms with van der Waals surface area (Å²) < 4.78 is 8.76. The molecule has 3 fully saturated rings. The van der Waals surface area contributed by atoms with Gasteiger partial charge in [-0.1, -0.05) is 39.2 Å². The lowest BCUT2D eigenvalue weighted by Gasteiger charge is -2.49. The van der Waals surface area contributed by atoms with Crippen LogP contribution in [-0.2, 0) is 26.2 Å². The predicted octanol–water partition coefficient (Wildman–Crippen LogP) is 10.7. The summed E-state index contributed by atoms with van der Waals surface area (Å²) in [5.41, 5.74) is 3.92. The number of halogens is 2. The summed E-state index contributed by atoms with van der Waals surface area (Å²) in [6.45, 7) is 3.78. The Hall–Kier alpha value is -6.16. The number of aryl methyl sites for hydroxylation is 2. The Bertz CT molecular complexity index is 3070. The van der Waals surface area contributed by atoms with Crippen molar-refractivity contribution in [1.29, 1.82) is 0 Å². The van der Waals surface area contributed by atoms with Gasteiger partial charge in [-0.2, -0.15) is 15.3 Å². The van der Waals surface area contributed by atoms with E-state index in [1.807, 2.05) is 74.5 Å². The zero-order chi connectivity index (χ0) is 45.8. The molecule has 0 bridgehead atoms. The summed E-state index contributed by atoms with van der Waals surface area (Å²) in [6.07, 6.45) is 2.32. The first-order valence-corrected chi connectivity index (χ1v) is 23.1. The van der Waals surface area contributed by atoms with E-state index in [0.717, 1.165) is 31.8 Å². The number of aromatic hydroxyl groups is 1. The molecule has 4 heterocycles. The number of anilines is 3. The van der Waals surface area contributed by atoms with Crippen molar-refractivity contribution in [3.8, 4) is 22.1 Å². The highest BCUT2D eigenvalue weighted by molar-refractivity contribution is 9.10. The number of allylic oxidation sites excluding steroid dienone is 2. The van der Waals surface area contributed by atoms with Crippen molar-refractivity contribution in [2.24, 2.45) is 46.4 Å². The molecule has 65 heavy (non-hydrogen) atoms. The van der Waals surface area contributed by atoms with Crippen LogP contribution in [0.5, 0.6) is 11.5 Å². The number of rotatable bonds is 8. The maximum Gasteiger partial charge on any atom is 0.242 e. The quantitative estimate of drug-likeness (QED) is 0.0900. The molecular formula is C49H43BrClN7O6S. The molecule has 6 atom stereocenters. The molecule has 6 unspecified atom stereocenters. The molecule has 4 amide bonds. The van der Waals surface area contributed by atoms with Gasteiger partial charge in [-0.15, -0.1) is 11.3 Å². The van der Waals surface area contributed by atoms with Gasteiger partial charge >= 0.3 is 0 Å². The van der Waals surface area contributed by atoms with Crippen LogP contribution in [0.15, 0.2) is 111 Å². The third kappa shape index (κ3) is 6.64. The van der Waals surface area contributed by atoms with Crippen LogP contribution in [0, 0.1) is 36.0 Å². The average Bonchev–Trinajstić information content (AvgIpc) is 3.96. The Morgan fingerprint density at radius 1 is 0.908 bits per heavy atom. The van der Waals surface area contributed by atoms with Crippen molar-refractivity contribution in [2.75, 3.05) is 35.9 Å². The van der Waals surface area contributed by atoms with Gasteiger partial charge in [0.15, 0.2) is 11.5 Å². The molecule has 13 nitrogen and oxygen atoms in total.